The molecule has 6 heteroatoms. The van der Waals surface area contributed by atoms with E-state index in [0.717, 1.165) is 57.0 Å². The Morgan fingerprint density at radius 1 is 1.19 bits per heavy atom. The van der Waals surface area contributed by atoms with Crippen LogP contribution in [0, 0.1) is 0 Å². The Hall–Kier alpha value is -2.27. The summed E-state index contributed by atoms with van der Waals surface area (Å²) in [5, 5.41) is 0.532. The minimum Gasteiger partial charge on any atom is -0.496 e. The van der Waals surface area contributed by atoms with Crippen LogP contribution in [0.3, 0.4) is 0 Å². The van der Waals surface area contributed by atoms with E-state index in [1.54, 1.807) is 19.4 Å². The Kier molecular flexibility index (Phi) is 5.21. The van der Waals surface area contributed by atoms with E-state index >= 15 is 0 Å². The molecule has 0 saturated carbocycles. The van der Waals surface area contributed by atoms with Crippen molar-refractivity contribution in [3.63, 3.8) is 0 Å². The predicted molar refractivity (Wildman–Crippen MR) is 107 cm³/mol. The van der Waals surface area contributed by atoms with Gasteiger partial charge in [0.15, 0.2) is 0 Å². The molecule has 1 amide bonds. The SMILES string of the molecule is COc1cccc2c1CCN(c1ncc(C(=O)N3CCCCC3)cc1Cl)C2. The third kappa shape index (κ3) is 3.61. The van der Waals surface area contributed by atoms with Crippen molar-refractivity contribution in [2.45, 2.75) is 32.2 Å². The number of piperidine rings is 1. The molecule has 2 aliphatic heterocycles. The minimum atomic E-state index is 0.0318. The van der Waals surface area contributed by atoms with E-state index < -0.39 is 0 Å². The zero-order valence-electron chi connectivity index (χ0n) is 15.6. The van der Waals surface area contributed by atoms with Gasteiger partial charge in [-0.25, -0.2) is 4.98 Å². The molecule has 3 heterocycles. The Bertz CT molecular complexity index is 849. The van der Waals surface area contributed by atoms with Gasteiger partial charge in [-0.3, -0.25) is 4.79 Å². The zero-order valence-corrected chi connectivity index (χ0v) is 16.3. The lowest BCUT2D eigenvalue weighted by atomic mass is 9.98. The summed E-state index contributed by atoms with van der Waals surface area (Å²) in [6, 6.07) is 7.89. The van der Waals surface area contributed by atoms with Gasteiger partial charge in [0.2, 0.25) is 0 Å². The number of pyridine rings is 1. The van der Waals surface area contributed by atoms with E-state index in [2.05, 4.69) is 16.0 Å². The lowest BCUT2D eigenvalue weighted by Gasteiger charge is -2.31. The minimum absolute atomic E-state index is 0.0318. The molecule has 142 valence electrons. The van der Waals surface area contributed by atoms with Crippen molar-refractivity contribution in [3.05, 3.63) is 52.2 Å². The molecule has 0 atom stereocenters. The number of anilines is 1. The van der Waals surface area contributed by atoms with Crippen molar-refractivity contribution in [3.8, 4) is 5.75 Å². The van der Waals surface area contributed by atoms with Gasteiger partial charge in [0.05, 0.1) is 17.7 Å². The number of amides is 1. The first-order chi connectivity index (χ1) is 13.2. The Balaban J connectivity index is 1.54. The van der Waals surface area contributed by atoms with Gasteiger partial charge in [-0.1, -0.05) is 23.7 Å². The molecule has 0 radical (unpaired) electrons. The van der Waals surface area contributed by atoms with E-state index in [0.29, 0.717) is 10.6 Å². The second kappa shape index (κ2) is 7.77. The summed E-state index contributed by atoms with van der Waals surface area (Å²) in [6.45, 7) is 3.20. The number of ether oxygens (including phenoxy) is 1. The lowest BCUT2D eigenvalue weighted by molar-refractivity contribution is 0.0724. The number of nitrogens with zero attached hydrogens (tertiary/aromatic N) is 3. The summed E-state index contributed by atoms with van der Waals surface area (Å²) in [6.07, 6.45) is 5.89. The lowest BCUT2D eigenvalue weighted by Crippen LogP contribution is -2.36. The highest BCUT2D eigenvalue weighted by molar-refractivity contribution is 6.33. The topological polar surface area (TPSA) is 45.7 Å². The predicted octanol–water partition coefficient (Wildman–Crippen LogP) is 3.93. The number of likely N-dealkylation sites (tertiary alicyclic amines) is 1. The van der Waals surface area contributed by atoms with Crippen molar-refractivity contribution in [1.82, 2.24) is 9.88 Å². The number of hydrogen-bond acceptors (Lipinski definition) is 4. The monoisotopic (exact) mass is 385 g/mol. The highest BCUT2D eigenvalue weighted by Crippen LogP contribution is 2.32. The van der Waals surface area contributed by atoms with E-state index in [4.69, 9.17) is 16.3 Å². The number of hydrogen-bond donors (Lipinski definition) is 0. The van der Waals surface area contributed by atoms with Crippen LogP contribution in [0.25, 0.3) is 0 Å². The average Bonchev–Trinajstić information content (AvgIpc) is 2.73. The fraction of sp³-hybridized carbons (Fsp3) is 0.429. The molecule has 5 nitrogen and oxygen atoms in total. The molecule has 27 heavy (non-hydrogen) atoms. The number of carbonyl (C=O) groups is 1. The fourth-order valence-electron chi connectivity index (χ4n) is 4.01. The first-order valence-corrected chi connectivity index (χ1v) is 9.89. The van der Waals surface area contributed by atoms with Gasteiger partial charge in [-0.15, -0.1) is 0 Å². The number of benzene rings is 1. The normalized spacial score (nSPS) is 16.8. The number of rotatable bonds is 3. The van der Waals surface area contributed by atoms with Gasteiger partial charge >= 0.3 is 0 Å². The van der Waals surface area contributed by atoms with Crippen molar-refractivity contribution in [1.29, 1.82) is 0 Å². The van der Waals surface area contributed by atoms with Gasteiger partial charge in [0, 0.05) is 37.9 Å². The summed E-state index contributed by atoms with van der Waals surface area (Å²) in [4.78, 5) is 21.3. The van der Waals surface area contributed by atoms with Crippen LogP contribution in [-0.4, -0.2) is 42.5 Å². The molecule has 0 spiro atoms. The van der Waals surface area contributed by atoms with Crippen LogP contribution < -0.4 is 9.64 Å². The first-order valence-electron chi connectivity index (χ1n) is 9.52. The molecule has 2 aliphatic rings. The Labute approximate surface area is 164 Å². The zero-order chi connectivity index (χ0) is 18.8. The second-order valence-electron chi connectivity index (χ2n) is 7.15. The van der Waals surface area contributed by atoms with Crippen molar-refractivity contribution >= 4 is 23.3 Å². The summed E-state index contributed by atoms with van der Waals surface area (Å²) in [5.41, 5.74) is 3.06. The van der Waals surface area contributed by atoms with Crippen LogP contribution in [0.5, 0.6) is 5.75 Å². The molecule has 0 unspecified atom stereocenters. The van der Waals surface area contributed by atoms with E-state index in [1.807, 2.05) is 17.0 Å². The third-order valence-electron chi connectivity index (χ3n) is 5.45. The molecule has 1 fully saturated rings. The molecule has 4 rings (SSSR count). The number of halogens is 1. The molecule has 0 aliphatic carbocycles. The highest BCUT2D eigenvalue weighted by Gasteiger charge is 2.24. The molecule has 1 aromatic carbocycles. The maximum Gasteiger partial charge on any atom is 0.255 e. The molecule has 0 N–H and O–H groups in total. The van der Waals surface area contributed by atoms with Crippen LogP contribution in [0.4, 0.5) is 5.82 Å². The van der Waals surface area contributed by atoms with Crippen LogP contribution in [-0.2, 0) is 13.0 Å². The van der Waals surface area contributed by atoms with Crippen molar-refractivity contribution in [2.24, 2.45) is 0 Å². The van der Waals surface area contributed by atoms with Crippen molar-refractivity contribution in [2.75, 3.05) is 31.6 Å². The maximum atomic E-state index is 12.7. The van der Waals surface area contributed by atoms with Gasteiger partial charge in [0.25, 0.3) is 5.91 Å². The average molecular weight is 386 g/mol. The van der Waals surface area contributed by atoms with E-state index in [1.165, 1.54) is 17.5 Å². The highest BCUT2D eigenvalue weighted by atomic mass is 35.5. The largest absolute Gasteiger partial charge is 0.496 e. The van der Waals surface area contributed by atoms with E-state index in [-0.39, 0.29) is 5.91 Å². The van der Waals surface area contributed by atoms with Crippen molar-refractivity contribution < 1.29 is 9.53 Å². The summed E-state index contributed by atoms with van der Waals surface area (Å²) >= 11 is 6.53. The van der Waals surface area contributed by atoms with Crippen LogP contribution in [0.2, 0.25) is 5.02 Å². The second-order valence-corrected chi connectivity index (χ2v) is 7.56. The summed E-state index contributed by atoms with van der Waals surface area (Å²) in [5.74, 6) is 1.71. The molecular formula is C21H24ClN3O2. The summed E-state index contributed by atoms with van der Waals surface area (Å²) < 4.78 is 5.47. The van der Waals surface area contributed by atoms with Crippen LogP contribution >= 0.6 is 11.6 Å². The molecule has 1 aromatic heterocycles. The maximum absolute atomic E-state index is 12.7. The first kappa shape index (κ1) is 18.1. The van der Waals surface area contributed by atoms with Gasteiger partial charge < -0.3 is 14.5 Å². The van der Waals surface area contributed by atoms with Gasteiger partial charge in [-0.05, 0) is 43.4 Å². The smallest absolute Gasteiger partial charge is 0.255 e. The molecule has 1 saturated heterocycles. The Morgan fingerprint density at radius 2 is 2.00 bits per heavy atom. The number of fused-ring (bicyclic) bond motifs is 1. The molecule has 0 bridgehead atoms. The van der Waals surface area contributed by atoms with Gasteiger partial charge in [0.1, 0.15) is 11.6 Å². The quantitative estimate of drug-likeness (QED) is 0.803. The third-order valence-corrected chi connectivity index (χ3v) is 5.73. The fourth-order valence-corrected chi connectivity index (χ4v) is 4.29. The Morgan fingerprint density at radius 3 is 2.74 bits per heavy atom. The van der Waals surface area contributed by atoms with Gasteiger partial charge in [-0.2, -0.15) is 0 Å². The molecule has 2 aromatic rings. The number of aromatic nitrogens is 1. The van der Waals surface area contributed by atoms with Crippen LogP contribution in [0.1, 0.15) is 40.7 Å². The standard InChI is InChI=1S/C21H24ClN3O2/c1-27-19-7-5-6-15-14-25(11-8-17(15)19)20-18(22)12-16(13-23-20)21(26)24-9-3-2-4-10-24/h5-7,12-13H,2-4,8-11,14H2,1H3. The number of carbonyl (C=O) groups excluding carboxylic acids is 1. The number of methoxy groups -OCH3 is 1. The van der Waals surface area contributed by atoms with E-state index in [9.17, 15) is 4.79 Å². The summed E-state index contributed by atoms with van der Waals surface area (Å²) in [7, 11) is 1.71. The van der Waals surface area contributed by atoms with Crippen LogP contribution in [0.15, 0.2) is 30.5 Å². The molecular weight excluding hydrogens is 362 g/mol.